The van der Waals surface area contributed by atoms with Crippen molar-refractivity contribution in [2.24, 2.45) is 0 Å². The molecule has 0 spiro atoms. The molecule has 0 radical (unpaired) electrons. The van der Waals surface area contributed by atoms with Crippen LogP contribution in [0.15, 0.2) is 0 Å². The lowest BCUT2D eigenvalue weighted by Crippen LogP contribution is -2.33. The zero-order valence-electron chi connectivity index (χ0n) is 9.61. The third kappa shape index (κ3) is 3.73. The Morgan fingerprint density at radius 1 is 1.31 bits per heavy atom. The molecule has 1 amide bonds. The molecule has 2 heterocycles. The Hall–Kier alpha value is -0.650. The molecule has 2 rings (SSSR count). The Balaban J connectivity index is 1.66. The maximum Gasteiger partial charge on any atom is 0.221 e. The van der Waals surface area contributed by atoms with E-state index in [-0.39, 0.29) is 12.2 Å². The van der Waals surface area contributed by atoms with Crippen LogP contribution >= 0.6 is 0 Å². The highest BCUT2D eigenvalue weighted by atomic mass is 16.7. The van der Waals surface area contributed by atoms with E-state index in [4.69, 9.17) is 9.47 Å². The molecule has 0 aromatic rings. The predicted octanol–water partition coefficient (Wildman–Crippen LogP) is -0.0386. The maximum absolute atomic E-state index is 11.1. The number of hydrogen-bond acceptors (Lipinski definition) is 4. The summed E-state index contributed by atoms with van der Waals surface area (Å²) in [6, 6.07) is 0. The fourth-order valence-corrected chi connectivity index (χ4v) is 2.03. The smallest absolute Gasteiger partial charge is 0.221 e. The van der Waals surface area contributed by atoms with Crippen LogP contribution in [0.1, 0.15) is 19.3 Å². The first-order valence-electron chi connectivity index (χ1n) is 6.07. The number of nitrogens with one attached hydrogen (secondary N) is 1. The van der Waals surface area contributed by atoms with Gasteiger partial charge in [0, 0.05) is 39.0 Å². The van der Waals surface area contributed by atoms with Gasteiger partial charge in [-0.05, 0) is 6.42 Å². The van der Waals surface area contributed by atoms with Crippen LogP contribution in [0.25, 0.3) is 0 Å². The molecule has 2 saturated heterocycles. The first-order valence-corrected chi connectivity index (χ1v) is 6.07. The number of amides is 1. The first kappa shape index (κ1) is 11.8. The maximum atomic E-state index is 11.1. The van der Waals surface area contributed by atoms with Crippen molar-refractivity contribution in [2.75, 3.05) is 39.4 Å². The standard InChI is InChI=1S/C11H20N2O3/c14-10-2-5-13(7-4-12-10)6-3-11-15-8-1-9-16-11/h11H,1-9H2,(H,12,14). The lowest BCUT2D eigenvalue weighted by atomic mass is 10.3. The highest BCUT2D eigenvalue weighted by Gasteiger charge is 2.17. The van der Waals surface area contributed by atoms with Crippen molar-refractivity contribution in [2.45, 2.75) is 25.6 Å². The van der Waals surface area contributed by atoms with Crippen molar-refractivity contribution >= 4 is 5.91 Å². The van der Waals surface area contributed by atoms with Gasteiger partial charge in [0.15, 0.2) is 6.29 Å². The molecule has 0 saturated carbocycles. The van der Waals surface area contributed by atoms with Crippen LogP contribution in [-0.2, 0) is 14.3 Å². The van der Waals surface area contributed by atoms with Gasteiger partial charge in [-0.3, -0.25) is 4.79 Å². The van der Waals surface area contributed by atoms with Gasteiger partial charge in [0.25, 0.3) is 0 Å². The molecule has 0 aromatic carbocycles. The summed E-state index contributed by atoms with van der Waals surface area (Å²) in [5, 5.41) is 2.87. The van der Waals surface area contributed by atoms with Crippen molar-refractivity contribution in [3.63, 3.8) is 0 Å². The van der Waals surface area contributed by atoms with Crippen LogP contribution in [0.5, 0.6) is 0 Å². The second-order valence-electron chi connectivity index (χ2n) is 4.25. The van der Waals surface area contributed by atoms with Crippen molar-refractivity contribution in [3.8, 4) is 0 Å². The molecule has 1 N–H and O–H groups in total. The lowest BCUT2D eigenvalue weighted by molar-refractivity contribution is -0.182. The number of hydrogen-bond donors (Lipinski definition) is 1. The molecule has 0 atom stereocenters. The van der Waals surface area contributed by atoms with E-state index in [9.17, 15) is 4.79 Å². The summed E-state index contributed by atoms with van der Waals surface area (Å²) in [6.45, 7) is 5.09. The second-order valence-corrected chi connectivity index (χ2v) is 4.25. The summed E-state index contributed by atoms with van der Waals surface area (Å²) in [5.41, 5.74) is 0. The molecular formula is C11H20N2O3. The molecule has 2 aliphatic rings. The van der Waals surface area contributed by atoms with Crippen LogP contribution in [0.2, 0.25) is 0 Å². The SMILES string of the molecule is O=C1CCN(CCC2OCCCO2)CCN1. The lowest BCUT2D eigenvalue weighted by Gasteiger charge is -2.26. The van der Waals surface area contributed by atoms with Gasteiger partial charge in [-0.15, -0.1) is 0 Å². The molecule has 0 unspecified atom stereocenters. The van der Waals surface area contributed by atoms with E-state index in [1.54, 1.807) is 0 Å². The number of carbonyl (C=O) groups is 1. The van der Waals surface area contributed by atoms with Crippen LogP contribution in [0.4, 0.5) is 0 Å². The van der Waals surface area contributed by atoms with Gasteiger partial charge in [-0.25, -0.2) is 0 Å². The Morgan fingerprint density at radius 2 is 2.12 bits per heavy atom. The van der Waals surface area contributed by atoms with E-state index in [1.165, 1.54) is 0 Å². The molecule has 0 aromatic heterocycles. The van der Waals surface area contributed by atoms with E-state index in [2.05, 4.69) is 10.2 Å². The van der Waals surface area contributed by atoms with E-state index in [0.717, 1.165) is 52.2 Å². The van der Waals surface area contributed by atoms with Gasteiger partial charge in [0.2, 0.25) is 5.91 Å². The molecule has 2 fully saturated rings. The van der Waals surface area contributed by atoms with Gasteiger partial charge >= 0.3 is 0 Å². The molecule has 0 bridgehead atoms. The quantitative estimate of drug-likeness (QED) is 0.736. The number of carbonyl (C=O) groups excluding carboxylic acids is 1. The summed E-state index contributed by atoms with van der Waals surface area (Å²) in [7, 11) is 0. The topological polar surface area (TPSA) is 50.8 Å². The highest BCUT2D eigenvalue weighted by molar-refractivity contribution is 5.76. The Morgan fingerprint density at radius 3 is 2.94 bits per heavy atom. The van der Waals surface area contributed by atoms with Gasteiger partial charge in [0.05, 0.1) is 13.2 Å². The predicted molar refractivity (Wildman–Crippen MR) is 59.0 cm³/mol. The monoisotopic (exact) mass is 228 g/mol. The van der Waals surface area contributed by atoms with Gasteiger partial charge < -0.3 is 19.7 Å². The average Bonchev–Trinajstić information content (AvgIpc) is 2.53. The average molecular weight is 228 g/mol. The van der Waals surface area contributed by atoms with E-state index < -0.39 is 0 Å². The number of ether oxygens (including phenoxy) is 2. The molecule has 2 aliphatic heterocycles. The third-order valence-corrected chi connectivity index (χ3v) is 2.98. The molecule has 0 aliphatic carbocycles. The zero-order valence-corrected chi connectivity index (χ0v) is 9.61. The van der Waals surface area contributed by atoms with Crippen LogP contribution in [-0.4, -0.2) is 56.5 Å². The zero-order chi connectivity index (χ0) is 11.2. The van der Waals surface area contributed by atoms with E-state index in [0.29, 0.717) is 6.42 Å². The minimum Gasteiger partial charge on any atom is -0.355 e. The Kier molecular flexibility index (Phi) is 4.56. The summed E-state index contributed by atoms with van der Waals surface area (Å²) in [5.74, 6) is 0.160. The van der Waals surface area contributed by atoms with Gasteiger partial charge in [0.1, 0.15) is 0 Å². The normalized spacial score (nSPS) is 25.1. The fraction of sp³-hybridized carbons (Fsp3) is 0.909. The van der Waals surface area contributed by atoms with Crippen LogP contribution in [0.3, 0.4) is 0 Å². The Labute approximate surface area is 96.1 Å². The van der Waals surface area contributed by atoms with Gasteiger partial charge in [-0.1, -0.05) is 0 Å². The summed E-state index contributed by atoms with van der Waals surface area (Å²) in [4.78, 5) is 13.4. The van der Waals surface area contributed by atoms with E-state index >= 15 is 0 Å². The molecular weight excluding hydrogens is 208 g/mol. The molecule has 16 heavy (non-hydrogen) atoms. The molecule has 92 valence electrons. The second kappa shape index (κ2) is 6.18. The summed E-state index contributed by atoms with van der Waals surface area (Å²) in [6.07, 6.45) is 2.46. The van der Waals surface area contributed by atoms with E-state index in [1.807, 2.05) is 0 Å². The van der Waals surface area contributed by atoms with Gasteiger partial charge in [-0.2, -0.15) is 0 Å². The fourth-order valence-electron chi connectivity index (χ4n) is 2.03. The summed E-state index contributed by atoms with van der Waals surface area (Å²) < 4.78 is 11.0. The minimum absolute atomic E-state index is 0.0411. The molecule has 5 nitrogen and oxygen atoms in total. The van der Waals surface area contributed by atoms with Crippen molar-refractivity contribution in [1.82, 2.24) is 10.2 Å². The number of nitrogens with zero attached hydrogens (tertiary/aromatic N) is 1. The minimum atomic E-state index is -0.0411. The summed E-state index contributed by atoms with van der Waals surface area (Å²) >= 11 is 0. The van der Waals surface area contributed by atoms with Crippen molar-refractivity contribution in [3.05, 3.63) is 0 Å². The van der Waals surface area contributed by atoms with Crippen molar-refractivity contribution < 1.29 is 14.3 Å². The van der Waals surface area contributed by atoms with Crippen LogP contribution in [0, 0.1) is 0 Å². The van der Waals surface area contributed by atoms with Crippen LogP contribution < -0.4 is 5.32 Å². The largest absolute Gasteiger partial charge is 0.355 e. The number of rotatable bonds is 3. The first-order chi connectivity index (χ1) is 7.84. The highest BCUT2D eigenvalue weighted by Crippen LogP contribution is 2.09. The Bertz CT molecular complexity index is 229. The molecule has 5 heteroatoms. The van der Waals surface area contributed by atoms with Crippen molar-refractivity contribution in [1.29, 1.82) is 0 Å². The third-order valence-electron chi connectivity index (χ3n) is 2.98.